The summed E-state index contributed by atoms with van der Waals surface area (Å²) in [6, 6.07) is 10.5. The van der Waals surface area contributed by atoms with Crippen LogP contribution in [0.5, 0.6) is 0 Å². The third-order valence-corrected chi connectivity index (χ3v) is 3.67. The Morgan fingerprint density at radius 1 is 1.10 bits per heavy atom. The fraction of sp³-hybridized carbons (Fsp3) is 0.294. The van der Waals surface area contributed by atoms with Crippen molar-refractivity contribution >= 4 is 11.6 Å². The van der Waals surface area contributed by atoms with Crippen molar-refractivity contribution in [2.45, 2.75) is 32.8 Å². The van der Waals surface area contributed by atoms with Crippen molar-refractivity contribution in [1.29, 1.82) is 0 Å². The molecule has 20 heavy (non-hydrogen) atoms. The molecule has 106 valence electrons. The highest BCUT2D eigenvalue weighted by Gasteiger charge is 2.24. The molecule has 0 amide bonds. The highest BCUT2D eigenvalue weighted by Crippen LogP contribution is 2.28. The molecule has 2 rings (SSSR count). The molecule has 0 spiro atoms. The topological polar surface area (TPSA) is 20.2 Å². The van der Waals surface area contributed by atoms with E-state index in [0.717, 1.165) is 22.3 Å². The van der Waals surface area contributed by atoms with E-state index >= 15 is 0 Å². The van der Waals surface area contributed by atoms with Gasteiger partial charge in [0.05, 0.1) is 10.6 Å². The smallest absolute Gasteiger partial charge is 0.141 e. The maximum absolute atomic E-state index is 13.2. The van der Waals surface area contributed by atoms with Crippen LogP contribution in [0.2, 0.25) is 5.02 Å². The molecule has 3 heteroatoms. The fourth-order valence-electron chi connectivity index (χ4n) is 2.43. The summed E-state index contributed by atoms with van der Waals surface area (Å²) in [4.78, 5) is 0. The summed E-state index contributed by atoms with van der Waals surface area (Å²) >= 11 is 5.78. The standard InChI is InChI=1S/C17H18ClFO/c1-11-6-12(2)8-14(7-11)17(3,20)10-13-4-5-16(19)15(18)9-13/h4-9,20H,10H2,1-3H3. The van der Waals surface area contributed by atoms with Crippen LogP contribution in [0.1, 0.15) is 29.2 Å². The fourth-order valence-corrected chi connectivity index (χ4v) is 2.64. The Morgan fingerprint density at radius 3 is 2.25 bits per heavy atom. The molecule has 0 bridgehead atoms. The average Bonchev–Trinajstić information content (AvgIpc) is 2.32. The van der Waals surface area contributed by atoms with Gasteiger partial charge in [-0.05, 0) is 44.0 Å². The van der Waals surface area contributed by atoms with E-state index in [0.29, 0.717) is 6.42 Å². The predicted octanol–water partition coefficient (Wildman–Crippen LogP) is 4.55. The van der Waals surface area contributed by atoms with Crippen molar-refractivity contribution in [1.82, 2.24) is 0 Å². The molecule has 1 nitrogen and oxygen atoms in total. The van der Waals surface area contributed by atoms with E-state index in [9.17, 15) is 9.50 Å². The number of benzene rings is 2. The summed E-state index contributed by atoms with van der Waals surface area (Å²) in [7, 11) is 0. The normalized spacial score (nSPS) is 14.1. The molecular formula is C17H18ClFO. The molecule has 0 fully saturated rings. The summed E-state index contributed by atoms with van der Waals surface area (Å²) in [5.41, 5.74) is 2.86. The largest absolute Gasteiger partial charge is 0.385 e. The minimum absolute atomic E-state index is 0.0822. The lowest BCUT2D eigenvalue weighted by Crippen LogP contribution is -2.24. The molecule has 2 aromatic carbocycles. The molecule has 0 saturated carbocycles. The van der Waals surface area contributed by atoms with Gasteiger partial charge < -0.3 is 5.11 Å². The van der Waals surface area contributed by atoms with Crippen molar-refractivity contribution in [3.05, 3.63) is 69.5 Å². The third kappa shape index (κ3) is 3.38. The number of rotatable bonds is 3. The van der Waals surface area contributed by atoms with E-state index in [2.05, 4.69) is 6.07 Å². The molecule has 0 aliphatic rings. The highest BCUT2D eigenvalue weighted by molar-refractivity contribution is 6.30. The van der Waals surface area contributed by atoms with Crippen LogP contribution in [0, 0.1) is 19.7 Å². The van der Waals surface area contributed by atoms with Gasteiger partial charge in [0.1, 0.15) is 5.82 Å². The Bertz CT molecular complexity index is 615. The highest BCUT2D eigenvalue weighted by atomic mass is 35.5. The second-order valence-electron chi connectivity index (χ2n) is 5.58. The number of halogens is 2. The van der Waals surface area contributed by atoms with Crippen molar-refractivity contribution in [3.8, 4) is 0 Å². The van der Waals surface area contributed by atoms with E-state index in [1.54, 1.807) is 19.1 Å². The van der Waals surface area contributed by atoms with E-state index < -0.39 is 11.4 Å². The van der Waals surface area contributed by atoms with Crippen LogP contribution in [0.3, 0.4) is 0 Å². The number of aliphatic hydroxyl groups is 1. The van der Waals surface area contributed by atoms with Gasteiger partial charge in [-0.2, -0.15) is 0 Å². The van der Waals surface area contributed by atoms with Gasteiger partial charge in [-0.3, -0.25) is 0 Å². The molecule has 0 aliphatic carbocycles. The number of hydrogen-bond donors (Lipinski definition) is 1. The lowest BCUT2D eigenvalue weighted by Gasteiger charge is -2.25. The Balaban J connectivity index is 2.32. The van der Waals surface area contributed by atoms with E-state index in [-0.39, 0.29) is 5.02 Å². The summed E-state index contributed by atoms with van der Waals surface area (Å²) in [6.45, 7) is 5.77. The summed E-state index contributed by atoms with van der Waals surface area (Å²) in [5.74, 6) is -0.443. The molecule has 0 aromatic heterocycles. The molecule has 1 atom stereocenters. The Hall–Kier alpha value is -1.38. The van der Waals surface area contributed by atoms with Crippen LogP contribution >= 0.6 is 11.6 Å². The van der Waals surface area contributed by atoms with Gasteiger partial charge >= 0.3 is 0 Å². The first-order valence-corrected chi connectivity index (χ1v) is 6.91. The number of aryl methyl sites for hydroxylation is 2. The Kier molecular flexibility index (Phi) is 4.17. The van der Waals surface area contributed by atoms with Gasteiger partial charge in [-0.25, -0.2) is 4.39 Å². The van der Waals surface area contributed by atoms with Gasteiger partial charge in [0, 0.05) is 6.42 Å². The second-order valence-corrected chi connectivity index (χ2v) is 5.98. The molecule has 2 aromatic rings. The summed E-state index contributed by atoms with van der Waals surface area (Å²) < 4.78 is 13.2. The monoisotopic (exact) mass is 292 g/mol. The van der Waals surface area contributed by atoms with Crippen LogP contribution in [0.4, 0.5) is 4.39 Å². The van der Waals surface area contributed by atoms with Crippen LogP contribution in [0.25, 0.3) is 0 Å². The number of hydrogen-bond acceptors (Lipinski definition) is 1. The summed E-state index contributed by atoms with van der Waals surface area (Å²) in [5, 5.41) is 10.8. The first kappa shape index (κ1) is 15.0. The zero-order valence-corrected chi connectivity index (χ0v) is 12.6. The lowest BCUT2D eigenvalue weighted by molar-refractivity contribution is 0.0575. The minimum Gasteiger partial charge on any atom is -0.385 e. The average molecular weight is 293 g/mol. The van der Waals surface area contributed by atoms with Gasteiger partial charge in [-0.15, -0.1) is 0 Å². The zero-order valence-electron chi connectivity index (χ0n) is 11.9. The molecule has 1 unspecified atom stereocenters. The van der Waals surface area contributed by atoms with Crippen molar-refractivity contribution < 1.29 is 9.50 Å². The maximum atomic E-state index is 13.2. The second kappa shape index (κ2) is 5.55. The van der Waals surface area contributed by atoms with Crippen molar-refractivity contribution in [2.75, 3.05) is 0 Å². The van der Waals surface area contributed by atoms with E-state index in [4.69, 9.17) is 11.6 Å². The van der Waals surface area contributed by atoms with E-state index in [1.165, 1.54) is 6.07 Å². The van der Waals surface area contributed by atoms with Gasteiger partial charge in [0.15, 0.2) is 0 Å². The van der Waals surface area contributed by atoms with Crippen LogP contribution in [0.15, 0.2) is 36.4 Å². The first-order chi connectivity index (χ1) is 9.28. The zero-order chi connectivity index (χ0) is 14.9. The lowest BCUT2D eigenvalue weighted by atomic mass is 9.87. The third-order valence-electron chi connectivity index (χ3n) is 3.38. The van der Waals surface area contributed by atoms with Gasteiger partial charge in [-0.1, -0.05) is 47.0 Å². The van der Waals surface area contributed by atoms with Gasteiger partial charge in [0.2, 0.25) is 0 Å². The maximum Gasteiger partial charge on any atom is 0.141 e. The molecule has 0 saturated heterocycles. The summed E-state index contributed by atoms with van der Waals surface area (Å²) in [6.07, 6.45) is 0.385. The van der Waals surface area contributed by atoms with Crippen molar-refractivity contribution in [3.63, 3.8) is 0 Å². The Morgan fingerprint density at radius 2 is 1.70 bits per heavy atom. The van der Waals surface area contributed by atoms with Crippen molar-refractivity contribution in [2.24, 2.45) is 0 Å². The minimum atomic E-state index is -1.02. The van der Waals surface area contributed by atoms with Crippen LogP contribution < -0.4 is 0 Å². The molecule has 1 N–H and O–H groups in total. The van der Waals surface area contributed by atoms with E-state index in [1.807, 2.05) is 26.0 Å². The van der Waals surface area contributed by atoms with Crippen LogP contribution in [-0.2, 0) is 12.0 Å². The predicted molar refractivity (Wildman–Crippen MR) is 80.6 cm³/mol. The van der Waals surface area contributed by atoms with Crippen LogP contribution in [-0.4, -0.2) is 5.11 Å². The first-order valence-electron chi connectivity index (χ1n) is 6.53. The molecule has 0 aliphatic heterocycles. The quantitative estimate of drug-likeness (QED) is 0.880. The molecular weight excluding hydrogens is 275 g/mol. The molecule has 0 radical (unpaired) electrons. The molecule has 0 heterocycles. The SMILES string of the molecule is Cc1cc(C)cc(C(C)(O)Cc2ccc(F)c(Cl)c2)c1. The van der Waals surface area contributed by atoms with Gasteiger partial charge in [0.25, 0.3) is 0 Å². The Labute approximate surface area is 124 Å².